The third kappa shape index (κ3) is 4.46. The summed E-state index contributed by atoms with van der Waals surface area (Å²) in [7, 11) is 1.60. The third-order valence-corrected chi connectivity index (χ3v) is 4.46. The Morgan fingerprint density at radius 1 is 1.11 bits per heavy atom. The Balaban J connectivity index is 1.79. The van der Waals surface area contributed by atoms with E-state index in [1.54, 1.807) is 48.5 Å². The van der Waals surface area contributed by atoms with E-state index in [4.69, 9.17) is 4.74 Å². The molecular weight excluding hydrogens is 352 g/mol. The molecule has 1 N–H and O–H groups in total. The molecule has 0 aliphatic carbocycles. The van der Waals surface area contributed by atoms with Gasteiger partial charge < -0.3 is 10.1 Å². The summed E-state index contributed by atoms with van der Waals surface area (Å²) < 4.78 is 5.16. The van der Waals surface area contributed by atoms with Crippen LogP contribution in [0.25, 0.3) is 0 Å². The average Bonchev–Trinajstić information content (AvgIpc) is 2.75. The van der Waals surface area contributed by atoms with E-state index >= 15 is 0 Å². The fourth-order valence-electron chi connectivity index (χ4n) is 2.89. The second kappa shape index (κ2) is 8.99. The molecule has 0 aliphatic heterocycles. The predicted molar refractivity (Wildman–Crippen MR) is 111 cm³/mol. The standard InChI is InChI=1S/C22H24N4O2/c1-4-26(21(27)18-10-12-19(28-3)13-11-18)20-14-15-23-22(25-20)24-16(2)17-8-6-5-7-9-17/h5-16H,4H2,1-3H3,(H,23,24,25)/t16-/m1/s1. The Morgan fingerprint density at radius 2 is 1.82 bits per heavy atom. The number of amides is 1. The predicted octanol–water partition coefficient (Wildman–Crippen LogP) is 4.33. The van der Waals surface area contributed by atoms with Crippen molar-refractivity contribution in [3.05, 3.63) is 78.0 Å². The van der Waals surface area contributed by atoms with Crippen LogP contribution in [0.5, 0.6) is 5.75 Å². The molecule has 3 rings (SSSR count). The minimum absolute atomic E-state index is 0.0452. The molecule has 1 amide bonds. The molecular formula is C22H24N4O2. The highest BCUT2D eigenvalue weighted by Crippen LogP contribution is 2.20. The molecule has 0 fully saturated rings. The van der Waals surface area contributed by atoms with Crippen LogP contribution in [0.2, 0.25) is 0 Å². The van der Waals surface area contributed by atoms with E-state index < -0.39 is 0 Å². The van der Waals surface area contributed by atoms with E-state index in [1.807, 2.05) is 44.2 Å². The van der Waals surface area contributed by atoms with Crippen LogP contribution in [-0.2, 0) is 0 Å². The maximum Gasteiger partial charge on any atom is 0.259 e. The van der Waals surface area contributed by atoms with Crippen LogP contribution in [0.15, 0.2) is 66.9 Å². The van der Waals surface area contributed by atoms with Crippen molar-refractivity contribution < 1.29 is 9.53 Å². The largest absolute Gasteiger partial charge is 0.497 e. The van der Waals surface area contributed by atoms with Crippen LogP contribution in [0, 0.1) is 0 Å². The summed E-state index contributed by atoms with van der Waals surface area (Å²) in [6, 6.07) is 18.9. The summed E-state index contributed by atoms with van der Waals surface area (Å²) in [6.45, 7) is 4.46. The lowest BCUT2D eigenvalue weighted by Crippen LogP contribution is -2.31. The molecule has 0 aliphatic rings. The molecule has 28 heavy (non-hydrogen) atoms. The first-order valence-electron chi connectivity index (χ1n) is 9.22. The van der Waals surface area contributed by atoms with Crippen molar-refractivity contribution in [3.63, 3.8) is 0 Å². The fourth-order valence-corrected chi connectivity index (χ4v) is 2.89. The van der Waals surface area contributed by atoms with Gasteiger partial charge in [-0.1, -0.05) is 30.3 Å². The van der Waals surface area contributed by atoms with Crippen molar-refractivity contribution in [3.8, 4) is 5.75 Å². The van der Waals surface area contributed by atoms with Crippen molar-refractivity contribution in [2.45, 2.75) is 19.9 Å². The lowest BCUT2D eigenvalue weighted by atomic mass is 10.1. The van der Waals surface area contributed by atoms with Crippen molar-refractivity contribution in [2.24, 2.45) is 0 Å². The Morgan fingerprint density at radius 3 is 2.46 bits per heavy atom. The molecule has 1 aromatic heterocycles. The number of ether oxygens (including phenoxy) is 1. The van der Waals surface area contributed by atoms with Crippen LogP contribution in [0.4, 0.5) is 11.8 Å². The van der Waals surface area contributed by atoms with Gasteiger partial charge in [0, 0.05) is 18.3 Å². The highest BCUT2D eigenvalue weighted by molar-refractivity contribution is 6.05. The maximum absolute atomic E-state index is 12.9. The minimum Gasteiger partial charge on any atom is -0.497 e. The number of nitrogens with zero attached hydrogens (tertiary/aromatic N) is 3. The highest BCUT2D eigenvalue weighted by atomic mass is 16.5. The summed E-state index contributed by atoms with van der Waals surface area (Å²) in [4.78, 5) is 23.4. The van der Waals surface area contributed by atoms with Gasteiger partial charge in [0.25, 0.3) is 5.91 Å². The van der Waals surface area contributed by atoms with Gasteiger partial charge in [0.15, 0.2) is 0 Å². The number of hydrogen-bond donors (Lipinski definition) is 1. The molecule has 144 valence electrons. The molecule has 1 heterocycles. The monoisotopic (exact) mass is 376 g/mol. The summed E-state index contributed by atoms with van der Waals surface area (Å²) in [6.07, 6.45) is 1.66. The van der Waals surface area contributed by atoms with E-state index in [0.717, 1.165) is 5.56 Å². The zero-order valence-corrected chi connectivity index (χ0v) is 16.3. The highest BCUT2D eigenvalue weighted by Gasteiger charge is 2.18. The van der Waals surface area contributed by atoms with Crippen molar-refractivity contribution in [2.75, 3.05) is 23.9 Å². The van der Waals surface area contributed by atoms with Crippen LogP contribution < -0.4 is 15.0 Å². The van der Waals surface area contributed by atoms with Gasteiger partial charge in [-0.3, -0.25) is 9.69 Å². The first kappa shape index (κ1) is 19.4. The number of carbonyl (C=O) groups is 1. The SMILES string of the molecule is CCN(C(=O)c1ccc(OC)cc1)c1ccnc(N[C@H](C)c2ccccc2)n1. The van der Waals surface area contributed by atoms with Gasteiger partial charge in [-0.2, -0.15) is 4.98 Å². The minimum atomic E-state index is -0.120. The Labute approximate surface area is 165 Å². The smallest absolute Gasteiger partial charge is 0.259 e. The molecule has 0 unspecified atom stereocenters. The average molecular weight is 376 g/mol. The van der Waals surface area contributed by atoms with Gasteiger partial charge in [-0.05, 0) is 49.7 Å². The van der Waals surface area contributed by atoms with Gasteiger partial charge in [0.1, 0.15) is 11.6 Å². The first-order valence-corrected chi connectivity index (χ1v) is 9.22. The van der Waals surface area contributed by atoms with Crippen LogP contribution in [0.1, 0.15) is 35.8 Å². The number of aromatic nitrogens is 2. The van der Waals surface area contributed by atoms with Gasteiger partial charge in [0.2, 0.25) is 5.95 Å². The molecule has 0 saturated heterocycles. The topological polar surface area (TPSA) is 67.4 Å². The summed E-state index contributed by atoms with van der Waals surface area (Å²) in [5.41, 5.74) is 1.71. The second-order valence-electron chi connectivity index (χ2n) is 6.29. The molecule has 6 nitrogen and oxygen atoms in total. The van der Waals surface area contributed by atoms with E-state index in [0.29, 0.717) is 29.6 Å². The van der Waals surface area contributed by atoms with Crippen molar-refractivity contribution in [1.29, 1.82) is 0 Å². The maximum atomic E-state index is 12.9. The quantitative estimate of drug-likeness (QED) is 0.665. The third-order valence-electron chi connectivity index (χ3n) is 4.46. The lowest BCUT2D eigenvalue weighted by Gasteiger charge is -2.21. The zero-order chi connectivity index (χ0) is 19.9. The van der Waals surface area contributed by atoms with Crippen LogP contribution in [-0.4, -0.2) is 29.5 Å². The fraction of sp³-hybridized carbons (Fsp3) is 0.227. The van der Waals surface area contributed by atoms with Gasteiger partial charge in [-0.15, -0.1) is 0 Å². The summed E-state index contributed by atoms with van der Waals surface area (Å²) in [5, 5.41) is 3.29. The Kier molecular flexibility index (Phi) is 6.22. The van der Waals surface area contributed by atoms with Crippen LogP contribution >= 0.6 is 0 Å². The number of hydrogen-bond acceptors (Lipinski definition) is 5. The van der Waals surface area contributed by atoms with E-state index in [1.165, 1.54) is 0 Å². The molecule has 0 saturated carbocycles. The molecule has 1 atom stereocenters. The number of anilines is 2. The summed E-state index contributed by atoms with van der Waals surface area (Å²) >= 11 is 0. The zero-order valence-electron chi connectivity index (χ0n) is 16.3. The summed E-state index contributed by atoms with van der Waals surface area (Å²) in [5.74, 6) is 1.63. The molecule has 2 aromatic carbocycles. The van der Waals surface area contributed by atoms with E-state index in [-0.39, 0.29) is 11.9 Å². The van der Waals surface area contributed by atoms with E-state index in [2.05, 4.69) is 15.3 Å². The molecule has 6 heteroatoms. The number of methoxy groups -OCH3 is 1. The van der Waals surface area contributed by atoms with Crippen LogP contribution in [0.3, 0.4) is 0 Å². The number of nitrogens with one attached hydrogen (secondary N) is 1. The van der Waals surface area contributed by atoms with Crippen molar-refractivity contribution in [1.82, 2.24) is 9.97 Å². The molecule has 3 aromatic rings. The van der Waals surface area contributed by atoms with Gasteiger partial charge in [0.05, 0.1) is 13.2 Å². The number of benzene rings is 2. The normalized spacial score (nSPS) is 11.5. The second-order valence-corrected chi connectivity index (χ2v) is 6.29. The number of rotatable bonds is 7. The van der Waals surface area contributed by atoms with Crippen molar-refractivity contribution >= 4 is 17.7 Å². The molecule has 0 spiro atoms. The van der Waals surface area contributed by atoms with Gasteiger partial charge >= 0.3 is 0 Å². The molecule has 0 bridgehead atoms. The first-order chi connectivity index (χ1) is 13.6. The van der Waals surface area contributed by atoms with E-state index in [9.17, 15) is 4.79 Å². The Bertz CT molecular complexity index is 913. The lowest BCUT2D eigenvalue weighted by molar-refractivity contribution is 0.0987. The number of carbonyl (C=O) groups excluding carboxylic acids is 1. The molecule has 0 radical (unpaired) electrons. The Hall–Kier alpha value is -3.41. The van der Waals surface area contributed by atoms with Gasteiger partial charge in [-0.25, -0.2) is 4.98 Å².